The van der Waals surface area contributed by atoms with Crippen LogP contribution in [0.4, 0.5) is 11.8 Å². The Morgan fingerprint density at radius 1 is 1.30 bits per heavy atom. The molecule has 1 saturated heterocycles. The predicted octanol–water partition coefficient (Wildman–Crippen LogP) is 2.44. The molecule has 2 N–H and O–H groups in total. The van der Waals surface area contributed by atoms with Crippen LogP contribution in [-0.4, -0.2) is 48.1 Å². The number of hydrogen-bond acceptors (Lipinski definition) is 5. The summed E-state index contributed by atoms with van der Waals surface area (Å²) in [5.74, 6) is 1.63. The third-order valence-electron chi connectivity index (χ3n) is 4.08. The van der Waals surface area contributed by atoms with Crippen molar-refractivity contribution < 1.29 is 0 Å². The fraction of sp³-hybridized carbons (Fsp3) is 0.733. The first-order chi connectivity index (χ1) is 9.61. The summed E-state index contributed by atoms with van der Waals surface area (Å²) < 4.78 is 0. The zero-order chi connectivity index (χ0) is 14.4. The van der Waals surface area contributed by atoms with Gasteiger partial charge in [-0.3, -0.25) is 0 Å². The second kappa shape index (κ2) is 6.88. The average molecular weight is 277 g/mol. The fourth-order valence-corrected chi connectivity index (χ4v) is 2.42. The van der Waals surface area contributed by atoms with E-state index in [4.69, 9.17) is 0 Å². The maximum atomic E-state index is 4.50. The maximum Gasteiger partial charge on any atom is 0.224 e. The van der Waals surface area contributed by atoms with Crippen molar-refractivity contribution in [2.45, 2.75) is 33.1 Å². The second-order valence-electron chi connectivity index (χ2n) is 6.16. The van der Waals surface area contributed by atoms with Crippen molar-refractivity contribution >= 4 is 11.8 Å². The largest absolute Gasteiger partial charge is 0.369 e. The molecule has 1 aliphatic heterocycles. The Labute approximate surface area is 122 Å². The lowest BCUT2D eigenvalue weighted by atomic mass is 9.80. The Balaban J connectivity index is 1.87. The molecule has 0 amide bonds. The van der Waals surface area contributed by atoms with Crippen LogP contribution in [0, 0.1) is 5.41 Å². The Bertz CT molecular complexity index is 412. The normalized spacial score (nSPS) is 18.8. The molecule has 1 fully saturated rings. The molecule has 5 heteroatoms. The molecule has 0 atom stereocenters. The SMILES string of the molecule is CCCNc1nccc(NCC2(C)CCN(C)CC2)n1. The molecular formula is C15H27N5. The van der Waals surface area contributed by atoms with E-state index in [0.717, 1.165) is 25.3 Å². The zero-order valence-electron chi connectivity index (χ0n) is 12.9. The molecule has 0 saturated carbocycles. The van der Waals surface area contributed by atoms with E-state index in [2.05, 4.69) is 46.4 Å². The zero-order valence-corrected chi connectivity index (χ0v) is 12.9. The van der Waals surface area contributed by atoms with Crippen LogP contribution in [0.5, 0.6) is 0 Å². The highest BCUT2D eigenvalue weighted by atomic mass is 15.1. The van der Waals surface area contributed by atoms with Crippen LogP contribution >= 0.6 is 0 Å². The summed E-state index contributed by atoms with van der Waals surface area (Å²) in [5.41, 5.74) is 0.370. The third-order valence-corrected chi connectivity index (χ3v) is 4.08. The topological polar surface area (TPSA) is 53.1 Å². The number of likely N-dealkylation sites (tertiary alicyclic amines) is 1. The summed E-state index contributed by atoms with van der Waals surface area (Å²) in [6.45, 7) is 8.76. The minimum Gasteiger partial charge on any atom is -0.369 e. The number of anilines is 2. The van der Waals surface area contributed by atoms with Crippen molar-refractivity contribution in [3.63, 3.8) is 0 Å². The average Bonchev–Trinajstić information content (AvgIpc) is 2.47. The van der Waals surface area contributed by atoms with Gasteiger partial charge in [0.25, 0.3) is 0 Å². The van der Waals surface area contributed by atoms with Crippen LogP contribution in [0.25, 0.3) is 0 Å². The van der Waals surface area contributed by atoms with Crippen LogP contribution in [0.1, 0.15) is 33.1 Å². The Morgan fingerprint density at radius 3 is 2.75 bits per heavy atom. The highest BCUT2D eigenvalue weighted by Gasteiger charge is 2.28. The monoisotopic (exact) mass is 277 g/mol. The molecular weight excluding hydrogens is 250 g/mol. The lowest BCUT2D eigenvalue weighted by molar-refractivity contribution is 0.150. The smallest absolute Gasteiger partial charge is 0.224 e. The quantitative estimate of drug-likeness (QED) is 0.836. The molecule has 0 bridgehead atoms. The van der Waals surface area contributed by atoms with Crippen LogP contribution in [0.15, 0.2) is 12.3 Å². The number of hydrogen-bond donors (Lipinski definition) is 2. The molecule has 0 unspecified atom stereocenters. The van der Waals surface area contributed by atoms with Gasteiger partial charge in [-0.25, -0.2) is 4.98 Å². The second-order valence-corrected chi connectivity index (χ2v) is 6.16. The van der Waals surface area contributed by atoms with Crippen molar-refractivity contribution in [2.24, 2.45) is 5.41 Å². The molecule has 2 heterocycles. The summed E-state index contributed by atoms with van der Waals surface area (Å²) in [7, 11) is 2.20. The van der Waals surface area contributed by atoms with Crippen LogP contribution in [0.2, 0.25) is 0 Å². The van der Waals surface area contributed by atoms with E-state index < -0.39 is 0 Å². The van der Waals surface area contributed by atoms with Crippen molar-refractivity contribution in [2.75, 3.05) is 43.9 Å². The number of rotatable bonds is 6. The van der Waals surface area contributed by atoms with Gasteiger partial charge in [0.2, 0.25) is 5.95 Å². The minimum atomic E-state index is 0.370. The van der Waals surface area contributed by atoms with Gasteiger partial charge in [0.05, 0.1) is 0 Å². The molecule has 1 aromatic rings. The Kier molecular flexibility index (Phi) is 5.17. The molecule has 2 rings (SSSR count). The first-order valence-electron chi connectivity index (χ1n) is 7.61. The van der Waals surface area contributed by atoms with Gasteiger partial charge in [-0.2, -0.15) is 4.98 Å². The predicted molar refractivity (Wildman–Crippen MR) is 84.1 cm³/mol. The number of nitrogens with one attached hydrogen (secondary N) is 2. The summed E-state index contributed by atoms with van der Waals surface area (Å²) in [5, 5.41) is 6.70. The fourth-order valence-electron chi connectivity index (χ4n) is 2.42. The third kappa shape index (κ3) is 4.34. The van der Waals surface area contributed by atoms with E-state index in [1.165, 1.54) is 25.9 Å². The van der Waals surface area contributed by atoms with Gasteiger partial charge in [0.1, 0.15) is 5.82 Å². The standard InChI is InChI=1S/C15H27N5/c1-4-8-16-14-17-9-5-13(19-14)18-12-15(2)6-10-20(3)11-7-15/h5,9H,4,6-8,10-12H2,1-3H3,(H2,16,17,18,19). The number of aromatic nitrogens is 2. The summed E-state index contributed by atoms with van der Waals surface area (Å²) >= 11 is 0. The molecule has 1 aromatic heterocycles. The van der Waals surface area contributed by atoms with E-state index in [1.54, 1.807) is 0 Å². The van der Waals surface area contributed by atoms with Gasteiger partial charge in [-0.05, 0) is 50.9 Å². The molecule has 0 radical (unpaired) electrons. The van der Waals surface area contributed by atoms with Crippen molar-refractivity contribution in [3.05, 3.63) is 12.3 Å². The van der Waals surface area contributed by atoms with Gasteiger partial charge in [-0.1, -0.05) is 13.8 Å². The highest BCUT2D eigenvalue weighted by Crippen LogP contribution is 2.30. The summed E-state index contributed by atoms with van der Waals surface area (Å²) in [6, 6.07) is 1.94. The maximum absolute atomic E-state index is 4.50. The van der Waals surface area contributed by atoms with E-state index in [-0.39, 0.29) is 0 Å². The summed E-state index contributed by atoms with van der Waals surface area (Å²) in [6.07, 6.45) is 5.36. The summed E-state index contributed by atoms with van der Waals surface area (Å²) in [4.78, 5) is 11.1. The first kappa shape index (κ1) is 15.0. The highest BCUT2D eigenvalue weighted by molar-refractivity contribution is 5.39. The van der Waals surface area contributed by atoms with Crippen molar-refractivity contribution in [3.8, 4) is 0 Å². The first-order valence-corrected chi connectivity index (χ1v) is 7.61. The Hall–Kier alpha value is -1.36. The van der Waals surface area contributed by atoms with Gasteiger partial charge < -0.3 is 15.5 Å². The molecule has 112 valence electrons. The number of nitrogens with zero attached hydrogens (tertiary/aromatic N) is 3. The van der Waals surface area contributed by atoms with Crippen molar-refractivity contribution in [1.29, 1.82) is 0 Å². The number of piperidine rings is 1. The van der Waals surface area contributed by atoms with Crippen molar-refractivity contribution in [1.82, 2.24) is 14.9 Å². The van der Waals surface area contributed by atoms with Gasteiger partial charge >= 0.3 is 0 Å². The molecule has 20 heavy (non-hydrogen) atoms. The van der Waals surface area contributed by atoms with E-state index in [9.17, 15) is 0 Å². The van der Waals surface area contributed by atoms with Gasteiger partial charge in [0, 0.05) is 19.3 Å². The van der Waals surface area contributed by atoms with Crippen LogP contribution < -0.4 is 10.6 Å². The van der Waals surface area contributed by atoms with Crippen LogP contribution in [0.3, 0.4) is 0 Å². The molecule has 0 spiro atoms. The molecule has 5 nitrogen and oxygen atoms in total. The molecule has 0 aliphatic carbocycles. The molecule has 1 aliphatic rings. The van der Waals surface area contributed by atoms with E-state index >= 15 is 0 Å². The lowest BCUT2D eigenvalue weighted by Gasteiger charge is -2.38. The lowest BCUT2D eigenvalue weighted by Crippen LogP contribution is -2.40. The van der Waals surface area contributed by atoms with E-state index in [1.807, 2.05) is 12.3 Å². The Morgan fingerprint density at radius 2 is 2.05 bits per heavy atom. The van der Waals surface area contributed by atoms with E-state index in [0.29, 0.717) is 11.4 Å². The molecule has 0 aromatic carbocycles. The van der Waals surface area contributed by atoms with Gasteiger partial charge in [0.15, 0.2) is 0 Å². The van der Waals surface area contributed by atoms with Gasteiger partial charge in [-0.15, -0.1) is 0 Å². The minimum absolute atomic E-state index is 0.370. The van der Waals surface area contributed by atoms with Crippen LogP contribution in [-0.2, 0) is 0 Å².